The summed E-state index contributed by atoms with van der Waals surface area (Å²) in [5.41, 5.74) is 0. The second-order valence-corrected chi connectivity index (χ2v) is 2.89. The van der Waals surface area contributed by atoms with Crippen LogP contribution in [0.4, 0.5) is 0 Å². The van der Waals surface area contributed by atoms with E-state index in [0.717, 1.165) is 12.5 Å². The molecule has 2 heteroatoms. The molecule has 0 aromatic heterocycles. The van der Waals surface area contributed by atoms with Gasteiger partial charge in [0.05, 0.1) is 12.5 Å². The van der Waals surface area contributed by atoms with E-state index in [0.29, 0.717) is 5.25 Å². The van der Waals surface area contributed by atoms with E-state index in [9.17, 15) is 0 Å². The Balaban J connectivity index is 2.24. The van der Waals surface area contributed by atoms with Crippen molar-refractivity contribution in [1.82, 2.24) is 0 Å². The van der Waals surface area contributed by atoms with E-state index in [4.69, 9.17) is 4.74 Å². The molecule has 0 spiro atoms. The first kappa shape index (κ1) is 6.17. The Morgan fingerprint density at radius 1 is 1.75 bits per heavy atom. The van der Waals surface area contributed by atoms with Crippen LogP contribution >= 0.6 is 11.8 Å². The third kappa shape index (κ3) is 1.53. The summed E-state index contributed by atoms with van der Waals surface area (Å²) in [6.07, 6.45) is 4.25. The van der Waals surface area contributed by atoms with Crippen molar-refractivity contribution in [2.45, 2.75) is 12.2 Å². The zero-order valence-corrected chi connectivity index (χ0v) is 5.78. The maximum atomic E-state index is 5.12. The Labute approximate surface area is 54.1 Å². The highest BCUT2D eigenvalue weighted by Gasteiger charge is 2.10. The number of hydrogen-bond donors (Lipinski definition) is 0. The van der Waals surface area contributed by atoms with Gasteiger partial charge in [-0.25, -0.2) is 0 Å². The maximum absolute atomic E-state index is 5.12. The summed E-state index contributed by atoms with van der Waals surface area (Å²) in [5.74, 6) is 0.870. The highest BCUT2D eigenvalue weighted by molar-refractivity contribution is 8.00. The van der Waals surface area contributed by atoms with Crippen molar-refractivity contribution in [1.29, 1.82) is 0 Å². The average molecular weight is 130 g/mol. The summed E-state index contributed by atoms with van der Waals surface area (Å²) >= 11 is 1.86. The molecular formula is C6H10OS. The number of ether oxygens (including phenoxy) is 1. The number of allylic oxidation sites excluding steroid dienone is 1. The predicted octanol–water partition coefficient (Wildman–Crippen LogP) is 1.65. The molecule has 0 bridgehead atoms. The second kappa shape index (κ2) is 3.15. The molecule has 1 aliphatic rings. The van der Waals surface area contributed by atoms with Gasteiger partial charge in [0.2, 0.25) is 0 Å². The second-order valence-electron chi connectivity index (χ2n) is 1.72. The van der Waals surface area contributed by atoms with Gasteiger partial charge in [0, 0.05) is 5.25 Å². The lowest BCUT2D eigenvalue weighted by Crippen LogP contribution is -1.96. The fraction of sp³-hybridized carbons (Fsp3) is 0.667. The minimum Gasteiger partial charge on any atom is -0.369 e. The van der Waals surface area contributed by atoms with Gasteiger partial charge in [-0.05, 0) is 6.92 Å². The third-order valence-electron chi connectivity index (χ3n) is 1.05. The van der Waals surface area contributed by atoms with Gasteiger partial charge in [-0.1, -0.05) is 12.2 Å². The molecule has 1 unspecified atom stereocenters. The fourth-order valence-electron chi connectivity index (χ4n) is 0.674. The first-order chi connectivity index (χ1) is 3.93. The lowest BCUT2D eigenvalue weighted by molar-refractivity contribution is 0.209. The molecule has 0 aromatic rings. The van der Waals surface area contributed by atoms with Crippen LogP contribution in [-0.2, 0) is 4.74 Å². The van der Waals surface area contributed by atoms with Crippen LogP contribution in [0.25, 0.3) is 0 Å². The molecule has 0 saturated carbocycles. The fourth-order valence-corrected chi connectivity index (χ4v) is 1.50. The number of hydrogen-bond acceptors (Lipinski definition) is 2. The molecule has 1 nitrogen and oxygen atoms in total. The Morgan fingerprint density at radius 2 is 2.62 bits per heavy atom. The summed E-state index contributed by atoms with van der Waals surface area (Å²) < 4.78 is 5.12. The molecule has 1 rings (SSSR count). The minimum absolute atomic E-state index is 0.625. The molecular weight excluding hydrogens is 120 g/mol. The molecule has 0 radical (unpaired) electrons. The van der Waals surface area contributed by atoms with Crippen LogP contribution in [0.1, 0.15) is 6.92 Å². The molecule has 1 aliphatic heterocycles. The molecule has 1 saturated heterocycles. The van der Waals surface area contributed by atoms with E-state index < -0.39 is 0 Å². The highest BCUT2D eigenvalue weighted by atomic mass is 32.2. The van der Waals surface area contributed by atoms with E-state index in [2.05, 4.69) is 12.2 Å². The maximum Gasteiger partial charge on any atom is 0.0928 e. The van der Waals surface area contributed by atoms with Crippen molar-refractivity contribution in [2.75, 3.05) is 12.5 Å². The van der Waals surface area contributed by atoms with Gasteiger partial charge in [0.1, 0.15) is 0 Å². The molecule has 1 fully saturated rings. The molecule has 8 heavy (non-hydrogen) atoms. The topological polar surface area (TPSA) is 9.23 Å². The van der Waals surface area contributed by atoms with E-state index in [1.165, 1.54) is 0 Å². The lowest BCUT2D eigenvalue weighted by Gasteiger charge is -1.93. The van der Waals surface area contributed by atoms with E-state index in [-0.39, 0.29) is 0 Å². The van der Waals surface area contributed by atoms with Gasteiger partial charge in [0.25, 0.3) is 0 Å². The zero-order chi connectivity index (χ0) is 5.82. The summed E-state index contributed by atoms with van der Waals surface area (Å²) in [6, 6.07) is 0. The quantitative estimate of drug-likeness (QED) is 0.499. The van der Waals surface area contributed by atoms with Gasteiger partial charge in [-0.3, -0.25) is 0 Å². The summed E-state index contributed by atoms with van der Waals surface area (Å²) in [4.78, 5) is 0. The highest BCUT2D eigenvalue weighted by Crippen LogP contribution is 2.19. The van der Waals surface area contributed by atoms with Crippen molar-refractivity contribution < 1.29 is 4.74 Å². The molecule has 0 aliphatic carbocycles. The van der Waals surface area contributed by atoms with Crippen LogP contribution < -0.4 is 0 Å². The van der Waals surface area contributed by atoms with Crippen molar-refractivity contribution >= 4 is 11.8 Å². The molecule has 1 atom stereocenters. The van der Waals surface area contributed by atoms with E-state index in [1.807, 2.05) is 18.7 Å². The van der Waals surface area contributed by atoms with Crippen molar-refractivity contribution in [3.8, 4) is 0 Å². The molecule has 0 amide bonds. The molecule has 46 valence electrons. The average Bonchev–Trinajstić information content (AvgIpc) is 2.19. The minimum atomic E-state index is 0.625. The SMILES string of the molecule is CC=CC1COCS1. The summed E-state index contributed by atoms with van der Waals surface area (Å²) in [5, 5.41) is 0.625. The van der Waals surface area contributed by atoms with Crippen LogP contribution in [0, 0.1) is 0 Å². The third-order valence-corrected chi connectivity index (χ3v) is 2.08. The molecule has 0 N–H and O–H groups in total. The first-order valence-corrected chi connectivity index (χ1v) is 3.80. The van der Waals surface area contributed by atoms with Crippen LogP contribution in [0.5, 0.6) is 0 Å². The zero-order valence-electron chi connectivity index (χ0n) is 4.96. The van der Waals surface area contributed by atoms with Gasteiger partial charge in [-0.15, -0.1) is 11.8 Å². The van der Waals surface area contributed by atoms with Crippen molar-refractivity contribution in [2.24, 2.45) is 0 Å². The smallest absolute Gasteiger partial charge is 0.0928 e. The van der Waals surface area contributed by atoms with Crippen molar-refractivity contribution in [3.63, 3.8) is 0 Å². The van der Waals surface area contributed by atoms with Crippen molar-refractivity contribution in [3.05, 3.63) is 12.2 Å². The van der Waals surface area contributed by atoms with Crippen LogP contribution in [-0.4, -0.2) is 17.8 Å². The standard InChI is InChI=1S/C6H10OS/c1-2-3-6-4-7-5-8-6/h2-3,6H,4-5H2,1H3. The Kier molecular flexibility index (Phi) is 2.43. The predicted molar refractivity (Wildman–Crippen MR) is 37.0 cm³/mol. The van der Waals surface area contributed by atoms with Crippen LogP contribution in [0.15, 0.2) is 12.2 Å². The Morgan fingerprint density at radius 3 is 3.12 bits per heavy atom. The number of rotatable bonds is 1. The van der Waals surface area contributed by atoms with Gasteiger partial charge < -0.3 is 4.74 Å². The van der Waals surface area contributed by atoms with Crippen LogP contribution in [0.3, 0.4) is 0 Å². The number of thioether (sulfide) groups is 1. The first-order valence-electron chi connectivity index (χ1n) is 2.75. The van der Waals surface area contributed by atoms with Crippen LogP contribution in [0.2, 0.25) is 0 Å². The summed E-state index contributed by atoms with van der Waals surface area (Å²) in [7, 11) is 0. The largest absolute Gasteiger partial charge is 0.369 e. The monoisotopic (exact) mass is 130 g/mol. The normalized spacial score (nSPS) is 29.9. The van der Waals surface area contributed by atoms with Gasteiger partial charge in [0.15, 0.2) is 0 Å². The Hall–Kier alpha value is 0.0500. The molecule has 1 heterocycles. The van der Waals surface area contributed by atoms with Gasteiger partial charge >= 0.3 is 0 Å². The molecule has 0 aromatic carbocycles. The lowest BCUT2D eigenvalue weighted by atomic mass is 10.4. The Bertz CT molecular complexity index is 84.5. The van der Waals surface area contributed by atoms with E-state index >= 15 is 0 Å². The van der Waals surface area contributed by atoms with E-state index in [1.54, 1.807) is 0 Å². The van der Waals surface area contributed by atoms with Gasteiger partial charge in [-0.2, -0.15) is 0 Å². The summed E-state index contributed by atoms with van der Waals surface area (Å²) in [6.45, 7) is 2.94.